The highest BCUT2D eigenvalue weighted by Crippen LogP contribution is 2.47. The highest BCUT2D eigenvalue weighted by molar-refractivity contribution is 7.26. The van der Waals surface area contributed by atoms with Crippen molar-refractivity contribution >= 4 is 53.3 Å². The number of thiophene rings is 1. The van der Waals surface area contributed by atoms with Gasteiger partial charge < -0.3 is 4.57 Å². The normalized spacial score (nSPS) is 11.5. The van der Waals surface area contributed by atoms with Gasteiger partial charge in [0.1, 0.15) is 0 Å². The van der Waals surface area contributed by atoms with Crippen LogP contribution >= 0.6 is 11.3 Å². The second kappa shape index (κ2) is 16.5. The summed E-state index contributed by atoms with van der Waals surface area (Å²) in [5, 5.41) is 4.80. The number of rotatable bonds is 8. The Labute approximate surface area is 397 Å². The summed E-state index contributed by atoms with van der Waals surface area (Å²) in [4.78, 5) is 21.2. The number of nitrogens with zero attached hydrogens (tertiary/aromatic N) is 5. The monoisotopic (exact) mass is 885 g/mol. The molecule has 318 valence electrons. The van der Waals surface area contributed by atoms with Crippen LogP contribution in [0.2, 0.25) is 0 Å². The summed E-state index contributed by atoms with van der Waals surface area (Å²) < 4.78 is 4.84. The van der Waals surface area contributed by atoms with Crippen molar-refractivity contribution in [3.63, 3.8) is 0 Å². The van der Waals surface area contributed by atoms with E-state index in [0.29, 0.717) is 17.5 Å². The van der Waals surface area contributed by atoms with Gasteiger partial charge in [-0.1, -0.05) is 194 Å². The van der Waals surface area contributed by atoms with Gasteiger partial charge in [0.05, 0.1) is 21.4 Å². The molecule has 4 heterocycles. The molecule has 0 spiro atoms. The van der Waals surface area contributed by atoms with Crippen molar-refractivity contribution < 1.29 is 0 Å². The minimum absolute atomic E-state index is 0.550. The Morgan fingerprint density at radius 1 is 0.353 bits per heavy atom. The molecular weight excluding hydrogens is 847 g/mol. The molecule has 0 amide bonds. The predicted molar refractivity (Wildman–Crippen MR) is 283 cm³/mol. The molecule has 0 radical (unpaired) electrons. The Morgan fingerprint density at radius 3 is 1.59 bits per heavy atom. The first-order valence-electron chi connectivity index (χ1n) is 22.8. The molecule has 0 aliphatic carbocycles. The summed E-state index contributed by atoms with van der Waals surface area (Å²) in [5.41, 5.74) is 14.6. The number of fused-ring (bicyclic) bond motifs is 7. The van der Waals surface area contributed by atoms with Crippen LogP contribution in [-0.2, 0) is 0 Å². The third-order valence-electron chi connectivity index (χ3n) is 12.9. The fourth-order valence-electron chi connectivity index (χ4n) is 9.76. The minimum atomic E-state index is 0.550. The van der Waals surface area contributed by atoms with Gasteiger partial charge in [-0.15, -0.1) is 11.3 Å². The van der Waals surface area contributed by atoms with Crippen LogP contribution in [0.3, 0.4) is 0 Å². The smallest absolute Gasteiger partial charge is 0.166 e. The molecule has 0 unspecified atom stereocenters. The fourth-order valence-corrected chi connectivity index (χ4v) is 11.0. The number of aromatic nitrogens is 5. The largest absolute Gasteiger partial charge is 0.308 e. The lowest BCUT2D eigenvalue weighted by atomic mass is 9.90. The molecule has 0 aliphatic heterocycles. The first-order valence-corrected chi connectivity index (χ1v) is 23.6. The second-order valence-corrected chi connectivity index (χ2v) is 18.0. The molecule has 0 atom stereocenters. The average Bonchev–Trinajstić information content (AvgIpc) is 3.98. The van der Waals surface area contributed by atoms with Gasteiger partial charge in [0.15, 0.2) is 17.5 Å². The predicted octanol–water partition coefficient (Wildman–Crippen LogP) is 16.4. The Kier molecular flexibility index (Phi) is 9.62. The fraction of sp³-hybridized carbons (Fsp3) is 0. The number of para-hydroxylation sites is 2. The van der Waals surface area contributed by atoms with Crippen molar-refractivity contribution in [3.05, 3.63) is 237 Å². The van der Waals surface area contributed by atoms with Gasteiger partial charge in [0.2, 0.25) is 0 Å². The minimum Gasteiger partial charge on any atom is -0.308 e. The van der Waals surface area contributed by atoms with Gasteiger partial charge in [-0.25, -0.2) is 15.0 Å². The molecule has 0 saturated carbocycles. The van der Waals surface area contributed by atoms with E-state index in [1.165, 1.54) is 42.2 Å². The molecule has 0 bridgehead atoms. The molecule has 0 aliphatic rings. The molecule has 0 fully saturated rings. The summed E-state index contributed by atoms with van der Waals surface area (Å²) in [6, 6.07) is 81.1. The van der Waals surface area contributed by atoms with Crippen molar-refractivity contribution in [3.8, 4) is 84.5 Å². The second-order valence-electron chi connectivity index (χ2n) is 17.0. The molecule has 0 N–H and O–H groups in total. The van der Waals surface area contributed by atoms with Crippen molar-refractivity contribution in [1.29, 1.82) is 0 Å². The van der Waals surface area contributed by atoms with Crippen LogP contribution in [0.1, 0.15) is 0 Å². The third kappa shape index (κ3) is 6.77. The number of pyridine rings is 1. The van der Waals surface area contributed by atoms with Gasteiger partial charge in [-0.2, -0.15) is 0 Å². The lowest BCUT2D eigenvalue weighted by Gasteiger charge is -2.16. The van der Waals surface area contributed by atoms with Gasteiger partial charge in [-0.05, 0) is 64.2 Å². The van der Waals surface area contributed by atoms with Crippen LogP contribution < -0.4 is 0 Å². The van der Waals surface area contributed by atoms with Crippen LogP contribution in [-0.4, -0.2) is 24.5 Å². The number of hydrogen-bond donors (Lipinski definition) is 0. The third-order valence-corrected chi connectivity index (χ3v) is 14.1. The van der Waals surface area contributed by atoms with E-state index in [4.69, 9.17) is 19.9 Å². The van der Waals surface area contributed by atoms with Crippen molar-refractivity contribution in [2.24, 2.45) is 0 Å². The van der Waals surface area contributed by atoms with E-state index in [1.54, 1.807) is 0 Å². The molecular formula is C62H39N5S. The van der Waals surface area contributed by atoms with Crippen LogP contribution in [0.15, 0.2) is 237 Å². The number of hydrogen-bond acceptors (Lipinski definition) is 5. The van der Waals surface area contributed by atoms with Crippen LogP contribution in [0.5, 0.6) is 0 Å². The molecule has 68 heavy (non-hydrogen) atoms. The van der Waals surface area contributed by atoms with Gasteiger partial charge >= 0.3 is 0 Å². The Hall–Kier alpha value is -8.84. The highest BCUT2D eigenvalue weighted by Gasteiger charge is 2.24. The molecule has 13 rings (SSSR count). The van der Waals surface area contributed by atoms with Crippen LogP contribution in [0.4, 0.5) is 0 Å². The van der Waals surface area contributed by atoms with Gasteiger partial charge in [-0.3, -0.25) is 4.98 Å². The van der Waals surface area contributed by atoms with Gasteiger partial charge in [0, 0.05) is 65.9 Å². The zero-order chi connectivity index (χ0) is 45.0. The Morgan fingerprint density at radius 2 is 0.912 bits per heavy atom. The summed E-state index contributed by atoms with van der Waals surface area (Å²) in [6.45, 7) is 0. The average molecular weight is 886 g/mol. The maximum Gasteiger partial charge on any atom is 0.166 e. The Balaban J connectivity index is 1.08. The van der Waals surface area contributed by atoms with Crippen molar-refractivity contribution in [2.75, 3.05) is 0 Å². The first kappa shape index (κ1) is 39.5. The summed E-state index contributed by atoms with van der Waals surface area (Å²) >= 11 is 1.83. The topological polar surface area (TPSA) is 56.5 Å². The zero-order valence-corrected chi connectivity index (χ0v) is 37.5. The van der Waals surface area contributed by atoms with E-state index in [0.717, 1.165) is 66.8 Å². The molecule has 4 aromatic heterocycles. The molecule has 5 nitrogen and oxygen atoms in total. The molecule has 13 aromatic rings. The molecule has 6 heteroatoms. The van der Waals surface area contributed by atoms with Gasteiger partial charge in [0.25, 0.3) is 0 Å². The summed E-state index contributed by atoms with van der Waals surface area (Å²) in [5.74, 6) is 1.74. The van der Waals surface area contributed by atoms with E-state index in [2.05, 4.69) is 199 Å². The van der Waals surface area contributed by atoms with E-state index in [-0.39, 0.29) is 0 Å². The van der Waals surface area contributed by atoms with Crippen LogP contribution in [0, 0.1) is 0 Å². The van der Waals surface area contributed by atoms with E-state index in [9.17, 15) is 0 Å². The lowest BCUT2D eigenvalue weighted by Crippen LogP contribution is -2.02. The van der Waals surface area contributed by atoms with Crippen molar-refractivity contribution in [1.82, 2.24) is 24.5 Å². The van der Waals surface area contributed by atoms with Crippen LogP contribution in [0.25, 0.3) is 126 Å². The van der Waals surface area contributed by atoms with E-state index >= 15 is 0 Å². The molecule has 0 saturated heterocycles. The molecule has 9 aromatic carbocycles. The standard InChI is InChI=1S/C62H39N5S/c1-6-19-40(20-7-1)47-34-33-44(37-52(47)41-21-8-2-9-22-41)45-38-53(62-65-60(42-23-10-3-11-24-42)64-61(66-62)43-25-12-4-13-26-43)57(63-39-45)50-30-18-32-55-56(50)51-36-35-49-48-29-16-17-31-54(48)67(58(49)59(51)68-55)46-27-14-5-15-28-46/h1-39H. The van der Waals surface area contributed by atoms with E-state index < -0.39 is 0 Å². The highest BCUT2D eigenvalue weighted by atomic mass is 32.1. The zero-order valence-electron chi connectivity index (χ0n) is 36.7. The first-order chi connectivity index (χ1) is 33.7. The maximum absolute atomic E-state index is 5.49. The van der Waals surface area contributed by atoms with Crippen molar-refractivity contribution in [2.45, 2.75) is 0 Å². The quantitative estimate of drug-likeness (QED) is 0.153. The Bertz CT molecular complexity index is 3940. The summed E-state index contributed by atoms with van der Waals surface area (Å²) in [6.07, 6.45) is 2.02. The SMILES string of the molecule is c1ccc(-c2nc(-c3ccccc3)nc(-c3cc(-c4ccc(-c5ccccc5)c(-c5ccccc5)c4)cnc3-c3cccc4sc5c(ccc6c7ccccc7n(-c7ccccc7)c65)c34)n2)cc1. The number of benzene rings is 9. The lowest BCUT2D eigenvalue weighted by molar-refractivity contribution is 1.07. The van der Waals surface area contributed by atoms with E-state index in [1.807, 2.05) is 53.9 Å². The maximum atomic E-state index is 5.49. The summed E-state index contributed by atoms with van der Waals surface area (Å²) in [7, 11) is 0.